The topological polar surface area (TPSA) is 12.0 Å². The first-order chi connectivity index (χ1) is 19.8. The van der Waals surface area contributed by atoms with Crippen molar-refractivity contribution in [1.82, 2.24) is 0 Å². The second-order valence-corrected chi connectivity index (χ2v) is 10.6. The van der Waals surface area contributed by atoms with Crippen molar-refractivity contribution in [3.63, 3.8) is 0 Å². The van der Waals surface area contributed by atoms with Crippen LogP contribution in [0.3, 0.4) is 0 Å². The third kappa shape index (κ3) is 4.12. The van der Waals surface area contributed by atoms with Gasteiger partial charge in [0, 0.05) is 16.9 Å². The van der Waals surface area contributed by atoms with Gasteiger partial charge in [0.15, 0.2) is 0 Å². The molecule has 0 unspecified atom stereocenters. The summed E-state index contributed by atoms with van der Waals surface area (Å²) in [5.74, 6) is 0. The van der Waals surface area contributed by atoms with Gasteiger partial charge in [0.2, 0.25) is 0 Å². The molecular weight excluding hydrogens is 482 g/mol. The van der Waals surface area contributed by atoms with Crippen molar-refractivity contribution in [3.05, 3.63) is 191 Å². The minimum Gasteiger partial charge on any atom is -0.355 e. The molecule has 0 saturated carbocycles. The number of benzene rings is 5. The summed E-state index contributed by atoms with van der Waals surface area (Å²) in [7, 11) is 0. The van der Waals surface area contributed by atoms with E-state index in [1.807, 2.05) is 0 Å². The Morgan fingerprint density at radius 1 is 0.600 bits per heavy atom. The van der Waals surface area contributed by atoms with Gasteiger partial charge in [-0.1, -0.05) is 140 Å². The van der Waals surface area contributed by atoms with Crippen LogP contribution in [-0.2, 0) is 11.8 Å². The first kappa shape index (κ1) is 24.2. The van der Waals surface area contributed by atoms with Crippen molar-refractivity contribution >= 4 is 11.4 Å². The van der Waals surface area contributed by atoms with E-state index < -0.39 is 0 Å². The van der Waals surface area contributed by atoms with Gasteiger partial charge in [-0.3, -0.25) is 0 Å². The minimum absolute atomic E-state index is 0.384. The van der Waals surface area contributed by atoms with Crippen molar-refractivity contribution in [2.45, 2.75) is 18.3 Å². The van der Waals surface area contributed by atoms with E-state index in [4.69, 9.17) is 0 Å². The van der Waals surface area contributed by atoms with Crippen LogP contribution in [0.15, 0.2) is 163 Å². The third-order valence-electron chi connectivity index (χ3n) is 8.20. The van der Waals surface area contributed by atoms with Crippen LogP contribution in [0.1, 0.15) is 34.2 Å². The van der Waals surface area contributed by atoms with Gasteiger partial charge in [0.05, 0.1) is 5.41 Å². The zero-order valence-electron chi connectivity index (χ0n) is 22.4. The maximum Gasteiger partial charge on any atom is 0.0714 e. The van der Waals surface area contributed by atoms with Crippen LogP contribution in [0, 0.1) is 0 Å². The molecule has 0 amide bonds. The molecule has 0 aromatic heterocycles. The van der Waals surface area contributed by atoms with Crippen LogP contribution in [0.4, 0.5) is 11.4 Å². The molecule has 0 aliphatic heterocycles. The van der Waals surface area contributed by atoms with Gasteiger partial charge in [0.1, 0.15) is 0 Å². The lowest BCUT2D eigenvalue weighted by molar-refractivity contribution is 0.768. The monoisotopic (exact) mass is 513 g/mol. The van der Waals surface area contributed by atoms with E-state index in [9.17, 15) is 0 Å². The summed E-state index contributed by atoms with van der Waals surface area (Å²) in [5.41, 5.74) is 12.3. The van der Waals surface area contributed by atoms with E-state index >= 15 is 0 Å². The molecule has 0 spiro atoms. The van der Waals surface area contributed by atoms with Gasteiger partial charge in [-0.05, 0) is 70.0 Å². The Balaban J connectivity index is 1.32. The summed E-state index contributed by atoms with van der Waals surface area (Å²) in [6.07, 6.45) is 12.9. The van der Waals surface area contributed by atoms with Gasteiger partial charge in [-0.15, -0.1) is 0 Å². The summed E-state index contributed by atoms with van der Waals surface area (Å²) < 4.78 is 0. The molecule has 40 heavy (non-hydrogen) atoms. The van der Waals surface area contributed by atoms with Crippen LogP contribution >= 0.6 is 0 Å². The molecule has 0 saturated heterocycles. The number of allylic oxidation sites excluding steroid dienone is 6. The summed E-state index contributed by atoms with van der Waals surface area (Å²) in [6.45, 7) is 0. The zero-order chi connectivity index (χ0) is 26.8. The van der Waals surface area contributed by atoms with Gasteiger partial charge in [-0.2, -0.15) is 0 Å². The van der Waals surface area contributed by atoms with Gasteiger partial charge < -0.3 is 5.32 Å². The van der Waals surface area contributed by atoms with Crippen molar-refractivity contribution < 1.29 is 0 Å². The predicted octanol–water partition coefficient (Wildman–Crippen LogP) is 9.78. The first-order valence-electron chi connectivity index (χ1n) is 14.1. The highest BCUT2D eigenvalue weighted by Crippen LogP contribution is 2.58. The third-order valence-corrected chi connectivity index (χ3v) is 8.20. The molecule has 0 atom stereocenters. The van der Waals surface area contributed by atoms with Crippen LogP contribution in [0.25, 0.3) is 11.1 Å². The largest absolute Gasteiger partial charge is 0.355 e. The summed E-state index contributed by atoms with van der Waals surface area (Å²) in [5, 5.41) is 3.79. The van der Waals surface area contributed by atoms with Gasteiger partial charge >= 0.3 is 0 Å². The highest BCUT2D eigenvalue weighted by atomic mass is 14.9. The second-order valence-electron chi connectivity index (χ2n) is 10.6. The molecule has 0 bridgehead atoms. The highest BCUT2D eigenvalue weighted by Gasteiger charge is 2.46. The first-order valence-corrected chi connectivity index (χ1v) is 14.1. The van der Waals surface area contributed by atoms with Crippen molar-refractivity contribution in [1.29, 1.82) is 0 Å². The minimum atomic E-state index is -0.384. The number of nitrogens with one attached hydrogen (secondary N) is 1. The molecule has 2 aliphatic carbocycles. The number of hydrogen-bond donors (Lipinski definition) is 1. The fourth-order valence-electron chi connectivity index (χ4n) is 6.45. The summed E-state index contributed by atoms with van der Waals surface area (Å²) in [4.78, 5) is 0. The predicted molar refractivity (Wildman–Crippen MR) is 168 cm³/mol. The van der Waals surface area contributed by atoms with Crippen LogP contribution in [0.2, 0.25) is 0 Å². The molecule has 0 fully saturated rings. The van der Waals surface area contributed by atoms with Crippen molar-refractivity contribution in [2.75, 3.05) is 5.32 Å². The van der Waals surface area contributed by atoms with Crippen molar-refractivity contribution in [2.24, 2.45) is 0 Å². The standard InChI is InChI=1S/C39H31N/c1-2-6-15-29(14-5-1)28-30-24-26-33(27-25-30)40-37-23-13-22-36-38(37)34-20-11-12-21-35(34)39(36,31-16-7-3-8-17-31)32-18-9-4-10-19-32/h1-5,7-27,40H,6,28H2. The molecule has 1 N–H and O–H groups in total. The average molecular weight is 514 g/mol. The van der Waals surface area contributed by atoms with E-state index in [2.05, 4.69) is 163 Å². The average Bonchev–Trinajstić information content (AvgIpc) is 3.11. The molecule has 192 valence electrons. The number of fused-ring (bicyclic) bond motifs is 3. The maximum absolute atomic E-state index is 3.79. The maximum atomic E-state index is 3.79. The lowest BCUT2D eigenvalue weighted by atomic mass is 9.68. The Morgan fingerprint density at radius 2 is 1.27 bits per heavy atom. The Morgan fingerprint density at radius 3 is 2.02 bits per heavy atom. The second kappa shape index (κ2) is 10.4. The Hall–Kier alpha value is -4.88. The van der Waals surface area contributed by atoms with Crippen LogP contribution in [-0.4, -0.2) is 0 Å². The SMILES string of the molecule is C1=CCC=C(Cc2ccc(Nc3cccc4c3-c3ccccc3C4(c3ccccc3)c3ccccc3)cc2)C=C1. The van der Waals surface area contributed by atoms with Crippen molar-refractivity contribution in [3.8, 4) is 11.1 Å². The van der Waals surface area contributed by atoms with Crippen LogP contribution < -0.4 is 5.32 Å². The molecule has 1 heteroatoms. The Labute approximate surface area is 236 Å². The van der Waals surface area contributed by atoms with E-state index in [-0.39, 0.29) is 5.41 Å². The van der Waals surface area contributed by atoms with E-state index in [0.29, 0.717) is 0 Å². The van der Waals surface area contributed by atoms with Gasteiger partial charge in [-0.25, -0.2) is 0 Å². The van der Waals surface area contributed by atoms with E-state index in [0.717, 1.165) is 24.2 Å². The molecular formula is C39H31N. The number of rotatable bonds is 6. The Kier molecular flexibility index (Phi) is 6.26. The van der Waals surface area contributed by atoms with Crippen LogP contribution in [0.5, 0.6) is 0 Å². The number of anilines is 2. The lowest BCUT2D eigenvalue weighted by Gasteiger charge is -2.33. The zero-order valence-corrected chi connectivity index (χ0v) is 22.4. The fourth-order valence-corrected chi connectivity index (χ4v) is 6.45. The molecule has 0 heterocycles. The smallest absolute Gasteiger partial charge is 0.0714 e. The van der Waals surface area contributed by atoms with E-state index in [1.54, 1.807) is 0 Å². The molecule has 5 aromatic rings. The van der Waals surface area contributed by atoms with E-state index in [1.165, 1.54) is 44.5 Å². The summed E-state index contributed by atoms with van der Waals surface area (Å²) in [6, 6.07) is 46.4. The molecule has 2 aliphatic rings. The normalized spacial score (nSPS) is 14.7. The Bertz CT molecular complexity index is 1700. The highest BCUT2D eigenvalue weighted by molar-refractivity contribution is 5.94. The van der Waals surface area contributed by atoms with Gasteiger partial charge in [0.25, 0.3) is 0 Å². The molecule has 0 radical (unpaired) electrons. The molecule has 7 rings (SSSR count). The quantitative estimate of drug-likeness (QED) is 0.234. The fraction of sp³-hybridized carbons (Fsp3) is 0.0769. The molecule has 5 aromatic carbocycles. The molecule has 1 nitrogen and oxygen atoms in total. The number of hydrogen-bond acceptors (Lipinski definition) is 1. The summed E-state index contributed by atoms with van der Waals surface area (Å²) >= 11 is 0. The lowest BCUT2D eigenvalue weighted by Crippen LogP contribution is -2.28.